The highest BCUT2D eigenvalue weighted by atomic mass is 16.6. The van der Waals surface area contributed by atoms with Crippen LogP contribution in [0.1, 0.15) is 30.0 Å². The number of hydrogen-bond donors (Lipinski definition) is 0. The van der Waals surface area contributed by atoms with Crippen molar-refractivity contribution in [3.8, 4) is 0 Å². The van der Waals surface area contributed by atoms with Crippen LogP contribution < -0.4 is 0 Å². The van der Waals surface area contributed by atoms with E-state index in [9.17, 15) is 9.59 Å². The molecule has 2 saturated heterocycles. The van der Waals surface area contributed by atoms with Crippen molar-refractivity contribution in [1.82, 2.24) is 9.80 Å². The van der Waals surface area contributed by atoms with Crippen LogP contribution in [0.25, 0.3) is 0 Å². The van der Waals surface area contributed by atoms with E-state index in [1.807, 2.05) is 60.7 Å². The molecule has 4 rings (SSSR count). The molecule has 2 aliphatic rings. The zero-order valence-corrected chi connectivity index (χ0v) is 14.8. The third-order valence-corrected chi connectivity index (χ3v) is 5.49. The first kappa shape index (κ1) is 16.6. The van der Waals surface area contributed by atoms with Gasteiger partial charge in [0.25, 0.3) is 5.91 Å². The van der Waals surface area contributed by atoms with Gasteiger partial charge in [-0.05, 0) is 24.0 Å². The fourth-order valence-electron chi connectivity index (χ4n) is 4.33. The van der Waals surface area contributed by atoms with E-state index in [0.717, 1.165) is 17.5 Å². The number of β-lactam (4-membered cyclic amide) rings is 1. The minimum absolute atomic E-state index is 0.000476. The molecule has 2 fully saturated rings. The second-order valence-corrected chi connectivity index (χ2v) is 6.95. The van der Waals surface area contributed by atoms with Gasteiger partial charge in [0, 0.05) is 13.6 Å². The number of amides is 2. The molecule has 0 aromatic heterocycles. The van der Waals surface area contributed by atoms with E-state index < -0.39 is 11.6 Å². The van der Waals surface area contributed by atoms with Crippen molar-refractivity contribution >= 4 is 12.0 Å². The normalized spacial score (nSPS) is 24.7. The van der Waals surface area contributed by atoms with Gasteiger partial charge in [-0.25, -0.2) is 4.79 Å². The van der Waals surface area contributed by atoms with Crippen molar-refractivity contribution in [2.75, 3.05) is 13.6 Å². The molecule has 1 spiro atoms. The largest absolute Gasteiger partial charge is 0.445 e. The van der Waals surface area contributed by atoms with Gasteiger partial charge >= 0.3 is 6.09 Å². The lowest BCUT2D eigenvalue weighted by molar-refractivity contribution is -0.169. The zero-order chi connectivity index (χ0) is 18.1. The molecule has 2 amide bonds. The highest BCUT2D eigenvalue weighted by Gasteiger charge is 2.66. The van der Waals surface area contributed by atoms with Crippen molar-refractivity contribution in [3.05, 3.63) is 71.8 Å². The lowest BCUT2D eigenvalue weighted by atomic mass is 9.73. The van der Waals surface area contributed by atoms with Gasteiger partial charge < -0.3 is 9.64 Å². The molecule has 0 bridgehead atoms. The van der Waals surface area contributed by atoms with Gasteiger partial charge in [0.2, 0.25) is 0 Å². The first-order chi connectivity index (χ1) is 12.6. The summed E-state index contributed by atoms with van der Waals surface area (Å²) in [6, 6.07) is 19.4. The van der Waals surface area contributed by atoms with Crippen molar-refractivity contribution in [3.63, 3.8) is 0 Å². The molecule has 0 unspecified atom stereocenters. The Balaban J connectivity index is 1.56. The van der Waals surface area contributed by atoms with E-state index in [-0.39, 0.29) is 18.6 Å². The Morgan fingerprint density at radius 1 is 1.12 bits per heavy atom. The fourth-order valence-corrected chi connectivity index (χ4v) is 4.33. The van der Waals surface area contributed by atoms with Gasteiger partial charge in [0.15, 0.2) is 0 Å². The molecule has 2 aromatic carbocycles. The molecular formula is C21H22N2O3. The van der Waals surface area contributed by atoms with Gasteiger partial charge in [0.05, 0.1) is 6.04 Å². The summed E-state index contributed by atoms with van der Waals surface area (Å²) in [6.07, 6.45) is 1.08. The summed E-state index contributed by atoms with van der Waals surface area (Å²) in [4.78, 5) is 29.0. The minimum Gasteiger partial charge on any atom is -0.445 e. The highest BCUT2D eigenvalue weighted by Crippen LogP contribution is 2.52. The number of ether oxygens (including phenoxy) is 1. The topological polar surface area (TPSA) is 49.9 Å². The summed E-state index contributed by atoms with van der Waals surface area (Å²) in [5.41, 5.74) is 1.19. The molecule has 2 aromatic rings. The van der Waals surface area contributed by atoms with Crippen LogP contribution in [0.4, 0.5) is 4.79 Å². The first-order valence-electron chi connectivity index (χ1n) is 8.95. The van der Waals surface area contributed by atoms with Gasteiger partial charge in [-0.2, -0.15) is 0 Å². The zero-order valence-electron chi connectivity index (χ0n) is 14.8. The number of carbonyl (C=O) groups excluding carboxylic acids is 2. The number of likely N-dealkylation sites (N-methyl/N-ethyl adjacent to an activating group) is 1. The third kappa shape index (κ3) is 2.46. The molecule has 26 heavy (non-hydrogen) atoms. The monoisotopic (exact) mass is 350 g/mol. The molecule has 0 aliphatic carbocycles. The summed E-state index contributed by atoms with van der Waals surface area (Å²) in [7, 11) is 1.80. The molecule has 0 saturated carbocycles. The lowest BCUT2D eigenvalue weighted by Gasteiger charge is -2.56. The van der Waals surface area contributed by atoms with Crippen LogP contribution in [-0.2, 0) is 16.1 Å². The smallest absolute Gasteiger partial charge is 0.411 e. The number of benzene rings is 2. The summed E-state index contributed by atoms with van der Waals surface area (Å²) in [6.45, 7) is 0.767. The average molecular weight is 350 g/mol. The van der Waals surface area contributed by atoms with Crippen LogP contribution >= 0.6 is 0 Å². The molecule has 5 heteroatoms. The Labute approximate surface area is 153 Å². The number of carbonyl (C=O) groups is 2. The summed E-state index contributed by atoms with van der Waals surface area (Å²) in [5, 5.41) is 0. The Morgan fingerprint density at radius 3 is 2.46 bits per heavy atom. The van der Waals surface area contributed by atoms with Crippen LogP contribution in [0, 0.1) is 0 Å². The van der Waals surface area contributed by atoms with Crippen molar-refractivity contribution in [1.29, 1.82) is 0 Å². The fraction of sp³-hybridized carbons (Fsp3) is 0.333. The van der Waals surface area contributed by atoms with Gasteiger partial charge in [-0.15, -0.1) is 0 Å². The number of likely N-dealkylation sites (tertiary alicyclic amines) is 2. The van der Waals surface area contributed by atoms with Crippen LogP contribution in [0.5, 0.6) is 0 Å². The number of hydrogen-bond acceptors (Lipinski definition) is 3. The van der Waals surface area contributed by atoms with Crippen molar-refractivity contribution in [2.24, 2.45) is 0 Å². The Kier molecular flexibility index (Phi) is 4.15. The average Bonchev–Trinajstić information content (AvgIpc) is 3.15. The molecule has 2 heterocycles. The number of nitrogens with zero attached hydrogens (tertiary/aromatic N) is 2. The van der Waals surface area contributed by atoms with E-state index >= 15 is 0 Å². The second-order valence-electron chi connectivity index (χ2n) is 6.95. The quantitative estimate of drug-likeness (QED) is 0.798. The summed E-state index contributed by atoms with van der Waals surface area (Å²) in [5.74, 6) is 0.000476. The lowest BCUT2D eigenvalue weighted by Crippen LogP contribution is -2.73. The maximum atomic E-state index is 12.8. The van der Waals surface area contributed by atoms with Crippen LogP contribution in [0.3, 0.4) is 0 Å². The van der Waals surface area contributed by atoms with Crippen LogP contribution in [0.15, 0.2) is 60.7 Å². The highest BCUT2D eigenvalue weighted by molar-refractivity contribution is 5.97. The molecule has 0 N–H and O–H groups in total. The maximum Gasteiger partial charge on any atom is 0.411 e. The Bertz CT molecular complexity index is 809. The van der Waals surface area contributed by atoms with Gasteiger partial charge in [-0.1, -0.05) is 60.7 Å². The van der Waals surface area contributed by atoms with Crippen molar-refractivity contribution in [2.45, 2.75) is 31.0 Å². The van der Waals surface area contributed by atoms with E-state index in [1.165, 1.54) is 0 Å². The first-order valence-corrected chi connectivity index (χ1v) is 8.95. The molecular weight excluding hydrogens is 328 g/mol. The predicted octanol–water partition coefficient (Wildman–Crippen LogP) is 3.37. The van der Waals surface area contributed by atoms with E-state index in [0.29, 0.717) is 13.0 Å². The van der Waals surface area contributed by atoms with E-state index in [4.69, 9.17) is 4.74 Å². The van der Waals surface area contributed by atoms with E-state index in [2.05, 4.69) is 0 Å². The third-order valence-electron chi connectivity index (χ3n) is 5.49. The summed E-state index contributed by atoms with van der Waals surface area (Å²) >= 11 is 0. The SMILES string of the molecule is CN1C(=O)[C@]2(CCCN2C(=O)OCc2ccccc2)[C@H]1c1ccccc1. The predicted molar refractivity (Wildman–Crippen MR) is 97.3 cm³/mol. The van der Waals surface area contributed by atoms with Crippen molar-refractivity contribution < 1.29 is 14.3 Å². The number of rotatable bonds is 3. The van der Waals surface area contributed by atoms with E-state index in [1.54, 1.807) is 16.8 Å². The molecule has 2 aliphatic heterocycles. The molecule has 5 nitrogen and oxygen atoms in total. The standard InChI is InChI=1S/C21H22N2O3/c1-22-18(17-11-6-3-7-12-17)21(19(22)24)13-8-14-23(21)20(25)26-15-16-9-4-2-5-10-16/h2-7,9-12,18H,8,13-15H2,1H3/t18-,21+/m1/s1. The molecule has 2 atom stereocenters. The van der Waals surface area contributed by atoms with Crippen LogP contribution in [0.2, 0.25) is 0 Å². The van der Waals surface area contributed by atoms with Crippen LogP contribution in [-0.4, -0.2) is 40.9 Å². The summed E-state index contributed by atoms with van der Waals surface area (Å²) < 4.78 is 5.53. The van der Waals surface area contributed by atoms with Gasteiger partial charge in [-0.3, -0.25) is 9.69 Å². The second kappa shape index (κ2) is 6.48. The molecule has 0 radical (unpaired) electrons. The minimum atomic E-state index is -0.802. The Morgan fingerprint density at radius 2 is 1.77 bits per heavy atom. The molecule has 134 valence electrons. The maximum absolute atomic E-state index is 12.8. The Hall–Kier alpha value is -2.82. The van der Waals surface area contributed by atoms with Gasteiger partial charge in [0.1, 0.15) is 12.1 Å².